The van der Waals surface area contributed by atoms with E-state index in [-0.39, 0.29) is 11.1 Å². The second-order valence-corrected chi connectivity index (χ2v) is 11.3. The fourth-order valence-electron chi connectivity index (χ4n) is 4.80. The maximum Gasteiger partial charge on any atom is 0.290 e. The fourth-order valence-corrected chi connectivity index (χ4v) is 6.42. The van der Waals surface area contributed by atoms with Crippen LogP contribution in [0.15, 0.2) is 65.0 Å². The Bertz CT molecular complexity index is 1530. The highest BCUT2D eigenvalue weighted by Crippen LogP contribution is 2.33. The number of hydrogen-bond donors (Lipinski definition) is 2. The first-order valence-corrected chi connectivity index (χ1v) is 14.3. The Hall–Kier alpha value is -3.60. The predicted molar refractivity (Wildman–Crippen MR) is 153 cm³/mol. The van der Waals surface area contributed by atoms with Gasteiger partial charge in [-0.15, -0.1) is 11.3 Å². The van der Waals surface area contributed by atoms with Crippen LogP contribution < -0.4 is 15.5 Å². The molecular weight excluding hydrogens is 516 g/mol. The molecule has 6 rings (SSSR count). The maximum absolute atomic E-state index is 11.8. The van der Waals surface area contributed by atoms with Crippen molar-refractivity contribution < 1.29 is 9.59 Å². The van der Waals surface area contributed by atoms with Crippen LogP contribution in [0, 0.1) is 5.92 Å². The molecule has 4 aromatic rings. The van der Waals surface area contributed by atoms with Gasteiger partial charge in [0, 0.05) is 46.9 Å². The molecule has 0 unspecified atom stereocenters. The summed E-state index contributed by atoms with van der Waals surface area (Å²) < 4.78 is 1.28. The zero-order chi connectivity index (χ0) is 25.9. The number of piperidine rings is 1. The molecule has 2 aliphatic rings. The fraction of sp³-hybridized carbons (Fsp3) is 0.250. The number of pyridine rings is 1. The average molecular weight is 543 g/mol. The Morgan fingerprint density at radius 1 is 1.05 bits per heavy atom. The molecule has 2 amide bonds. The third kappa shape index (κ3) is 5.47. The molecular formula is C28H26N6O2S2. The number of carbonyl (C=O) groups is 2. The van der Waals surface area contributed by atoms with E-state index in [1.54, 1.807) is 29.7 Å². The Morgan fingerprint density at radius 2 is 1.92 bits per heavy atom. The summed E-state index contributed by atoms with van der Waals surface area (Å²) in [4.78, 5) is 39.7. The third-order valence-corrected chi connectivity index (χ3v) is 8.56. The van der Waals surface area contributed by atoms with Crippen LogP contribution in [0.4, 0.5) is 10.7 Å². The second-order valence-electron chi connectivity index (χ2n) is 9.35. The Kier molecular flexibility index (Phi) is 7.17. The molecule has 0 spiro atoms. The summed E-state index contributed by atoms with van der Waals surface area (Å²) in [6.45, 7) is 3.43. The van der Waals surface area contributed by atoms with E-state index in [0.717, 1.165) is 62.2 Å². The number of anilines is 1. The van der Waals surface area contributed by atoms with E-state index in [9.17, 15) is 9.59 Å². The monoisotopic (exact) mass is 542 g/mol. The Labute approximate surface area is 228 Å². The highest BCUT2D eigenvalue weighted by atomic mass is 32.2. The second kappa shape index (κ2) is 11.0. The van der Waals surface area contributed by atoms with Gasteiger partial charge in [-0.25, -0.2) is 9.97 Å². The molecule has 8 nitrogen and oxygen atoms in total. The number of imide groups is 1. The van der Waals surface area contributed by atoms with E-state index in [2.05, 4.69) is 73.3 Å². The van der Waals surface area contributed by atoms with Gasteiger partial charge in [-0.05, 0) is 67.4 Å². The van der Waals surface area contributed by atoms with Crippen molar-refractivity contribution in [2.45, 2.75) is 19.4 Å². The molecule has 2 aliphatic heterocycles. The number of carbonyl (C=O) groups excluding carboxylic acids is 2. The lowest BCUT2D eigenvalue weighted by molar-refractivity contribution is -0.115. The molecule has 2 fully saturated rings. The maximum atomic E-state index is 11.8. The van der Waals surface area contributed by atoms with Crippen LogP contribution in [0.3, 0.4) is 0 Å². The minimum Gasteiger partial charge on any atom is -0.341 e. The summed E-state index contributed by atoms with van der Waals surface area (Å²) >= 11 is 2.65. The van der Waals surface area contributed by atoms with Crippen molar-refractivity contribution in [3.05, 3.63) is 76.4 Å². The number of fused-ring (bicyclic) bond motifs is 1. The number of nitrogens with one attached hydrogen (secondary N) is 2. The van der Waals surface area contributed by atoms with Gasteiger partial charge in [0.05, 0.1) is 22.0 Å². The molecule has 2 N–H and O–H groups in total. The molecule has 0 aliphatic carbocycles. The number of rotatable bonds is 7. The van der Waals surface area contributed by atoms with Gasteiger partial charge in [-0.3, -0.25) is 19.9 Å². The van der Waals surface area contributed by atoms with Gasteiger partial charge in [0.2, 0.25) is 5.95 Å². The van der Waals surface area contributed by atoms with Crippen LogP contribution in [-0.4, -0.2) is 45.7 Å². The average Bonchev–Trinajstić information content (AvgIpc) is 3.51. The highest BCUT2D eigenvalue weighted by molar-refractivity contribution is 8.18. The third-order valence-electron chi connectivity index (χ3n) is 6.79. The van der Waals surface area contributed by atoms with Gasteiger partial charge in [0.15, 0.2) is 0 Å². The van der Waals surface area contributed by atoms with Gasteiger partial charge in [-0.2, -0.15) is 0 Å². The quantitative estimate of drug-likeness (QED) is 0.312. The first-order chi connectivity index (χ1) is 18.6. The minimum atomic E-state index is -0.379. The molecule has 10 heteroatoms. The minimum absolute atomic E-state index is 0.355. The van der Waals surface area contributed by atoms with Crippen LogP contribution in [0.1, 0.15) is 24.2 Å². The smallest absolute Gasteiger partial charge is 0.290 e. The van der Waals surface area contributed by atoms with E-state index in [0.29, 0.717) is 22.5 Å². The Morgan fingerprint density at radius 3 is 2.76 bits per heavy atom. The van der Waals surface area contributed by atoms with Gasteiger partial charge in [0.25, 0.3) is 11.1 Å². The summed E-state index contributed by atoms with van der Waals surface area (Å²) in [7, 11) is 0. The molecule has 2 saturated heterocycles. The number of aromatic nitrogens is 3. The molecule has 0 saturated carbocycles. The summed E-state index contributed by atoms with van der Waals surface area (Å²) in [5.74, 6) is 0.850. The number of benzene rings is 1. The van der Waals surface area contributed by atoms with E-state index < -0.39 is 0 Å². The Balaban J connectivity index is 1.01. The van der Waals surface area contributed by atoms with Crippen molar-refractivity contribution >= 4 is 56.4 Å². The molecule has 38 heavy (non-hydrogen) atoms. The number of thiophene rings is 1. The normalized spacial score (nSPS) is 17.5. The number of thioether (sulfide) groups is 1. The first kappa shape index (κ1) is 24.7. The van der Waals surface area contributed by atoms with E-state index in [1.807, 2.05) is 0 Å². The molecule has 0 radical (unpaired) electrons. The zero-order valence-corrected chi connectivity index (χ0v) is 22.2. The summed E-state index contributed by atoms with van der Waals surface area (Å²) in [5, 5.41) is 8.97. The molecule has 192 valence electrons. The lowest BCUT2D eigenvalue weighted by Gasteiger charge is -2.32. The van der Waals surface area contributed by atoms with Gasteiger partial charge < -0.3 is 10.2 Å². The lowest BCUT2D eigenvalue weighted by atomic mass is 9.97. The number of nitrogens with zero attached hydrogens (tertiary/aromatic N) is 4. The van der Waals surface area contributed by atoms with Crippen LogP contribution in [-0.2, 0) is 11.3 Å². The van der Waals surface area contributed by atoms with Crippen molar-refractivity contribution in [2.75, 3.05) is 24.5 Å². The number of hydrogen-bond acceptors (Lipinski definition) is 9. The van der Waals surface area contributed by atoms with E-state index >= 15 is 0 Å². The van der Waals surface area contributed by atoms with Gasteiger partial charge >= 0.3 is 0 Å². The first-order valence-electron chi connectivity index (χ1n) is 12.6. The van der Waals surface area contributed by atoms with Crippen molar-refractivity contribution in [3.63, 3.8) is 0 Å². The largest absolute Gasteiger partial charge is 0.341 e. The highest BCUT2D eigenvalue weighted by Gasteiger charge is 2.26. The molecule has 0 bridgehead atoms. The summed E-state index contributed by atoms with van der Waals surface area (Å²) in [5.41, 5.74) is 3.88. The molecule has 3 aromatic heterocycles. The van der Waals surface area contributed by atoms with Crippen LogP contribution in [0.2, 0.25) is 0 Å². The zero-order valence-electron chi connectivity index (χ0n) is 20.6. The van der Waals surface area contributed by atoms with Crippen molar-refractivity contribution in [1.29, 1.82) is 0 Å². The summed E-state index contributed by atoms with van der Waals surface area (Å²) in [6, 6.07) is 16.5. The topological polar surface area (TPSA) is 100 Å². The molecule has 1 aromatic carbocycles. The van der Waals surface area contributed by atoms with Gasteiger partial charge in [-0.1, -0.05) is 24.3 Å². The lowest BCUT2D eigenvalue weighted by Crippen LogP contribution is -2.38. The van der Waals surface area contributed by atoms with Crippen LogP contribution in [0.25, 0.3) is 27.4 Å². The number of amides is 2. The molecule has 5 heterocycles. The van der Waals surface area contributed by atoms with E-state index in [4.69, 9.17) is 4.98 Å². The van der Waals surface area contributed by atoms with E-state index in [1.165, 1.54) is 15.6 Å². The SMILES string of the molecule is O=C1NC(=O)C(=Cc2ccnc(N3CCC(CNCc4cccc(-c5csc6ccccc56)n4)CC3)n2)S1. The molecule has 0 atom stereocenters. The summed E-state index contributed by atoms with van der Waals surface area (Å²) in [6.07, 6.45) is 5.42. The van der Waals surface area contributed by atoms with Gasteiger partial charge in [0.1, 0.15) is 0 Å². The predicted octanol–water partition coefficient (Wildman–Crippen LogP) is 5.08. The standard InChI is InChI=1S/C28H26N6O2S2/c35-26-25(38-28(36)33-26)14-19-8-11-30-27(32-19)34-12-9-18(10-13-34)15-29-16-20-4-3-6-23(31-20)22-17-37-24-7-2-1-5-21(22)24/h1-8,11,14,17-18,29H,9-10,12-13,15-16H2,(H,33,35,36). The van der Waals surface area contributed by atoms with Crippen molar-refractivity contribution in [3.8, 4) is 11.3 Å². The van der Waals surface area contributed by atoms with Crippen molar-refractivity contribution in [1.82, 2.24) is 25.6 Å². The van der Waals surface area contributed by atoms with Crippen molar-refractivity contribution in [2.24, 2.45) is 5.92 Å². The van der Waals surface area contributed by atoms with Crippen LogP contribution >= 0.6 is 23.1 Å². The van der Waals surface area contributed by atoms with Crippen LogP contribution in [0.5, 0.6) is 0 Å².